The van der Waals surface area contributed by atoms with E-state index in [9.17, 15) is 8.42 Å². The molecule has 0 saturated heterocycles. The highest BCUT2D eigenvalue weighted by Gasteiger charge is 2.17. The van der Waals surface area contributed by atoms with E-state index in [1.165, 1.54) is 6.07 Å². The van der Waals surface area contributed by atoms with Crippen molar-refractivity contribution >= 4 is 15.7 Å². The summed E-state index contributed by atoms with van der Waals surface area (Å²) >= 11 is 0. The number of rotatable bonds is 6. The molecule has 0 amide bonds. The zero-order chi connectivity index (χ0) is 13.8. The second kappa shape index (κ2) is 6.17. The van der Waals surface area contributed by atoms with Crippen molar-refractivity contribution in [1.29, 1.82) is 0 Å². The molecule has 0 bridgehead atoms. The van der Waals surface area contributed by atoms with Crippen LogP contribution in [0.25, 0.3) is 0 Å². The second-order valence-corrected chi connectivity index (χ2v) is 5.88. The summed E-state index contributed by atoms with van der Waals surface area (Å²) in [7, 11) is -3.51. The summed E-state index contributed by atoms with van der Waals surface area (Å²) in [4.78, 5) is 0.250. The van der Waals surface area contributed by atoms with E-state index >= 15 is 0 Å². The average Bonchev–Trinajstić information content (AvgIpc) is 2.26. The molecular formula is C12H20N2O3S. The zero-order valence-corrected chi connectivity index (χ0v) is 11.8. The lowest BCUT2D eigenvalue weighted by Crippen LogP contribution is -2.32. The number of nitrogens with two attached hydrogens (primary N) is 1. The number of sulfonamides is 1. The molecule has 102 valence electrons. The van der Waals surface area contributed by atoms with E-state index < -0.39 is 10.0 Å². The fraction of sp³-hybridized carbons (Fsp3) is 0.500. The predicted octanol–water partition coefficient (Wildman–Crippen LogP) is 1.28. The predicted molar refractivity (Wildman–Crippen MR) is 71.9 cm³/mol. The van der Waals surface area contributed by atoms with Crippen LogP contribution in [-0.4, -0.2) is 27.7 Å². The van der Waals surface area contributed by atoms with Crippen LogP contribution >= 0.6 is 0 Å². The Morgan fingerprint density at radius 1 is 1.44 bits per heavy atom. The molecule has 6 heteroatoms. The molecule has 0 aliphatic carbocycles. The topological polar surface area (TPSA) is 81.4 Å². The number of ether oxygens (including phenoxy) is 1. The average molecular weight is 272 g/mol. The Morgan fingerprint density at radius 3 is 2.67 bits per heavy atom. The number of aryl methyl sites for hydroxylation is 1. The fourth-order valence-electron chi connectivity index (χ4n) is 1.62. The van der Waals surface area contributed by atoms with Gasteiger partial charge in [-0.2, -0.15) is 0 Å². The molecule has 1 rings (SSSR count). The van der Waals surface area contributed by atoms with Crippen LogP contribution in [0.1, 0.15) is 19.4 Å². The maximum absolute atomic E-state index is 12.1. The highest BCUT2D eigenvalue weighted by atomic mass is 32.2. The van der Waals surface area contributed by atoms with Gasteiger partial charge in [-0.25, -0.2) is 13.1 Å². The highest BCUT2D eigenvalue weighted by Crippen LogP contribution is 2.17. The lowest BCUT2D eigenvalue weighted by atomic mass is 10.2. The third-order valence-corrected chi connectivity index (χ3v) is 4.08. The van der Waals surface area contributed by atoms with Crippen LogP contribution in [0, 0.1) is 6.92 Å². The largest absolute Gasteiger partial charge is 0.399 e. The molecule has 0 radical (unpaired) electrons. The standard InChI is InChI=1S/C12H20N2O3S/c1-4-17-10(3)8-14-18(15,16)12-6-5-11(13)7-9(12)2/h5-7,10,14H,4,8,13H2,1-3H3. The maximum Gasteiger partial charge on any atom is 0.240 e. The number of hydrogen-bond donors (Lipinski definition) is 2. The first kappa shape index (κ1) is 14.9. The number of benzene rings is 1. The third kappa shape index (κ3) is 3.97. The Morgan fingerprint density at radius 2 is 2.11 bits per heavy atom. The smallest absolute Gasteiger partial charge is 0.240 e. The monoisotopic (exact) mass is 272 g/mol. The number of nitrogens with one attached hydrogen (secondary N) is 1. The summed E-state index contributed by atoms with van der Waals surface area (Å²) in [5.74, 6) is 0. The number of nitrogen functional groups attached to an aromatic ring is 1. The first-order chi connectivity index (χ1) is 8.36. The lowest BCUT2D eigenvalue weighted by molar-refractivity contribution is 0.0799. The molecule has 1 unspecified atom stereocenters. The van der Waals surface area contributed by atoms with Crippen LogP contribution in [0.5, 0.6) is 0 Å². The molecule has 5 nitrogen and oxygen atoms in total. The van der Waals surface area contributed by atoms with E-state index in [0.717, 1.165) is 0 Å². The van der Waals surface area contributed by atoms with E-state index in [1.807, 2.05) is 13.8 Å². The maximum atomic E-state index is 12.1. The van der Waals surface area contributed by atoms with Crippen molar-refractivity contribution in [3.8, 4) is 0 Å². The molecule has 0 aliphatic heterocycles. The third-order valence-electron chi connectivity index (χ3n) is 2.50. The minimum atomic E-state index is -3.51. The van der Waals surface area contributed by atoms with Crippen LogP contribution in [0.15, 0.2) is 23.1 Å². The first-order valence-electron chi connectivity index (χ1n) is 5.84. The Hall–Kier alpha value is -1.11. The van der Waals surface area contributed by atoms with Crippen molar-refractivity contribution in [3.05, 3.63) is 23.8 Å². The molecule has 18 heavy (non-hydrogen) atoms. The Balaban J connectivity index is 2.80. The van der Waals surface area contributed by atoms with Gasteiger partial charge in [-0.1, -0.05) is 0 Å². The van der Waals surface area contributed by atoms with Gasteiger partial charge in [0.1, 0.15) is 0 Å². The fourth-order valence-corrected chi connectivity index (χ4v) is 2.96. The van der Waals surface area contributed by atoms with Crippen LogP contribution in [0.4, 0.5) is 5.69 Å². The van der Waals surface area contributed by atoms with Gasteiger partial charge in [0, 0.05) is 18.8 Å². The molecule has 0 heterocycles. The number of anilines is 1. The van der Waals surface area contributed by atoms with Gasteiger partial charge in [-0.3, -0.25) is 0 Å². The molecule has 1 aromatic rings. The summed E-state index contributed by atoms with van der Waals surface area (Å²) in [6, 6.07) is 4.73. The molecule has 0 saturated carbocycles. The van der Waals surface area contributed by atoms with Gasteiger partial charge in [0.15, 0.2) is 0 Å². The molecular weight excluding hydrogens is 252 g/mol. The van der Waals surface area contributed by atoms with Crippen LogP contribution in [-0.2, 0) is 14.8 Å². The van der Waals surface area contributed by atoms with Gasteiger partial charge in [-0.15, -0.1) is 0 Å². The molecule has 1 atom stereocenters. The van der Waals surface area contributed by atoms with Crippen molar-refractivity contribution < 1.29 is 13.2 Å². The van der Waals surface area contributed by atoms with Gasteiger partial charge in [-0.05, 0) is 44.5 Å². The van der Waals surface area contributed by atoms with Crippen LogP contribution < -0.4 is 10.5 Å². The van der Waals surface area contributed by atoms with Crippen molar-refractivity contribution in [3.63, 3.8) is 0 Å². The summed E-state index contributed by atoms with van der Waals surface area (Å²) < 4.78 is 31.9. The van der Waals surface area contributed by atoms with Crippen molar-refractivity contribution in [2.24, 2.45) is 0 Å². The first-order valence-corrected chi connectivity index (χ1v) is 7.32. The van der Waals surface area contributed by atoms with E-state index in [4.69, 9.17) is 10.5 Å². The van der Waals surface area contributed by atoms with Gasteiger partial charge >= 0.3 is 0 Å². The summed E-state index contributed by atoms with van der Waals surface area (Å²) in [6.07, 6.45) is -0.154. The molecule has 3 N–H and O–H groups in total. The van der Waals surface area contributed by atoms with Crippen molar-refractivity contribution in [2.75, 3.05) is 18.9 Å². The second-order valence-electron chi connectivity index (χ2n) is 4.14. The SMILES string of the molecule is CCOC(C)CNS(=O)(=O)c1ccc(N)cc1C. The Kier molecular flexibility index (Phi) is 5.13. The highest BCUT2D eigenvalue weighted by molar-refractivity contribution is 7.89. The van der Waals surface area contributed by atoms with E-state index in [1.54, 1.807) is 19.1 Å². The Labute approximate surface area is 108 Å². The molecule has 0 aliphatic rings. The molecule has 0 aromatic heterocycles. The minimum absolute atomic E-state index is 0.154. The summed E-state index contributed by atoms with van der Waals surface area (Å²) in [5.41, 5.74) is 6.78. The van der Waals surface area contributed by atoms with E-state index in [-0.39, 0.29) is 17.5 Å². The van der Waals surface area contributed by atoms with Gasteiger partial charge in [0.25, 0.3) is 0 Å². The van der Waals surface area contributed by atoms with Gasteiger partial charge in [0.2, 0.25) is 10.0 Å². The summed E-state index contributed by atoms with van der Waals surface area (Å²) in [5, 5.41) is 0. The number of hydrogen-bond acceptors (Lipinski definition) is 4. The zero-order valence-electron chi connectivity index (χ0n) is 10.9. The normalized spacial score (nSPS) is 13.5. The van der Waals surface area contributed by atoms with E-state index in [0.29, 0.717) is 17.9 Å². The van der Waals surface area contributed by atoms with Crippen LogP contribution in [0.3, 0.4) is 0 Å². The van der Waals surface area contributed by atoms with E-state index in [2.05, 4.69) is 4.72 Å². The minimum Gasteiger partial charge on any atom is -0.399 e. The molecule has 1 aromatic carbocycles. The van der Waals surface area contributed by atoms with Crippen molar-refractivity contribution in [2.45, 2.75) is 31.8 Å². The van der Waals surface area contributed by atoms with Gasteiger partial charge in [0.05, 0.1) is 11.0 Å². The van der Waals surface area contributed by atoms with Crippen LogP contribution in [0.2, 0.25) is 0 Å². The Bertz CT molecular complexity index is 500. The molecule has 0 fully saturated rings. The summed E-state index contributed by atoms with van der Waals surface area (Å²) in [6.45, 7) is 6.22. The van der Waals surface area contributed by atoms with Gasteiger partial charge < -0.3 is 10.5 Å². The molecule has 0 spiro atoms. The lowest BCUT2D eigenvalue weighted by Gasteiger charge is -2.14. The van der Waals surface area contributed by atoms with Crippen molar-refractivity contribution in [1.82, 2.24) is 4.72 Å². The quantitative estimate of drug-likeness (QED) is 0.764.